The first-order valence-corrected chi connectivity index (χ1v) is 13.1. The zero-order chi connectivity index (χ0) is 25.0. The Hall–Kier alpha value is -2.71. The van der Waals surface area contributed by atoms with E-state index in [0.717, 1.165) is 73.1 Å². The lowest BCUT2D eigenvalue weighted by atomic mass is 9.75. The van der Waals surface area contributed by atoms with Gasteiger partial charge in [-0.1, -0.05) is 11.6 Å². The molecule has 3 aliphatic rings. The summed E-state index contributed by atoms with van der Waals surface area (Å²) >= 11 is 6.35. The van der Waals surface area contributed by atoms with E-state index in [1.165, 1.54) is 24.6 Å². The van der Waals surface area contributed by atoms with E-state index in [1.54, 1.807) is 9.42 Å². The molecule has 190 valence electrons. The van der Waals surface area contributed by atoms with Crippen LogP contribution in [0.1, 0.15) is 65.1 Å². The molecule has 0 atom stereocenters. The highest BCUT2D eigenvalue weighted by atomic mass is 35.5. The Balaban J connectivity index is 1.15. The smallest absolute Gasteiger partial charge is 0.258 e. The molecule has 0 unspecified atom stereocenters. The van der Waals surface area contributed by atoms with Crippen molar-refractivity contribution in [2.24, 2.45) is 11.8 Å². The number of halogens is 2. The highest BCUT2D eigenvalue weighted by Gasteiger charge is 2.35. The predicted octanol–water partition coefficient (Wildman–Crippen LogP) is 5.27. The molecular weight excluding hydrogens is 483 g/mol. The zero-order valence-corrected chi connectivity index (χ0v) is 21.4. The molecule has 1 saturated heterocycles. The van der Waals surface area contributed by atoms with E-state index in [4.69, 9.17) is 21.1 Å². The SMILES string of the molecule is Cc1nc2c3c(nn2c(C)c1Cl)CN(C(=O)c1ccc(F)cc1OC1CC(CC2CCOCC2)C1)C3. The molecule has 1 amide bonds. The van der Waals surface area contributed by atoms with Crippen molar-refractivity contribution in [3.8, 4) is 5.75 Å². The van der Waals surface area contributed by atoms with Gasteiger partial charge in [-0.3, -0.25) is 4.79 Å². The number of nitrogens with zero attached hydrogens (tertiary/aromatic N) is 4. The number of hydrogen-bond donors (Lipinski definition) is 0. The highest BCUT2D eigenvalue weighted by molar-refractivity contribution is 6.31. The van der Waals surface area contributed by atoms with Crippen LogP contribution in [0.5, 0.6) is 5.75 Å². The molecule has 1 aliphatic carbocycles. The second-order valence-electron chi connectivity index (χ2n) is 10.4. The van der Waals surface area contributed by atoms with Gasteiger partial charge in [0, 0.05) is 24.8 Å². The van der Waals surface area contributed by atoms with Crippen molar-refractivity contribution in [3.05, 3.63) is 57.2 Å². The Labute approximate surface area is 214 Å². The second-order valence-corrected chi connectivity index (χ2v) is 10.8. The minimum atomic E-state index is -0.408. The Morgan fingerprint density at radius 3 is 2.75 bits per heavy atom. The van der Waals surface area contributed by atoms with E-state index in [9.17, 15) is 9.18 Å². The summed E-state index contributed by atoms with van der Waals surface area (Å²) in [5, 5.41) is 5.25. The van der Waals surface area contributed by atoms with Crippen LogP contribution in [0.2, 0.25) is 5.02 Å². The molecule has 1 saturated carbocycles. The van der Waals surface area contributed by atoms with Gasteiger partial charge in [-0.25, -0.2) is 13.9 Å². The van der Waals surface area contributed by atoms with Crippen LogP contribution in [0, 0.1) is 31.5 Å². The van der Waals surface area contributed by atoms with Crippen molar-refractivity contribution in [3.63, 3.8) is 0 Å². The number of carbonyl (C=O) groups is 1. The number of aryl methyl sites for hydroxylation is 2. The first-order chi connectivity index (χ1) is 17.4. The normalized spacial score (nSPS) is 22.1. The summed E-state index contributed by atoms with van der Waals surface area (Å²) in [6, 6.07) is 4.18. The van der Waals surface area contributed by atoms with Gasteiger partial charge in [-0.05, 0) is 69.9 Å². The second kappa shape index (κ2) is 9.30. The van der Waals surface area contributed by atoms with E-state index in [2.05, 4.69) is 10.1 Å². The molecule has 6 rings (SSSR count). The topological polar surface area (TPSA) is 69.0 Å². The van der Waals surface area contributed by atoms with E-state index < -0.39 is 5.82 Å². The van der Waals surface area contributed by atoms with Crippen LogP contribution in [0.3, 0.4) is 0 Å². The molecule has 2 fully saturated rings. The average molecular weight is 513 g/mol. The summed E-state index contributed by atoms with van der Waals surface area (Å²) in [4.78, 5) is 19.9. The number of fused-ring (bicyclic) bond motifs is 3. The van der Waals surface area contributed by atoms with Crippen molar-refractivity contribution < 1.29 is 18.7 Å². The van der Waals surface area contributed by atoms with Crippen molar-refractivity contribution in [1.82, 2.24) is 19.5 Å². The number of amides is 1. The first-order valence-electron chi connectivity index (χ1n) is 12.7. The number of benzene rings is 1. The van der Waals surface area contributed by atoms with Crippen LogP contribution in [-0.2, 0) is 17.8 Å². The number of aromatic nitrogens is 3. The summed E-state index contributed by atoms with van der Waals surface area (Å²) in [7, 11) is 0. The third-order valence-electron chi connectivity index (χ3n) is 7.91. The Bertz CT molecular complexity index is 1330. The van der Waals surface area contributed by atoms with E-state index in [-0.39, 0.29) is 12.0 Å². The Kier molecular flexibility index (Phi) is 6.12. The van der Waals surface area contributed by atoms with Crippen LogP contribution in [-0.4, -0.2) is 44.7 Å². The minimum absolute atomic E-state index is 0.0167. The van der Waals surface area contributed by atoms with Gasteiger partial charge in [-0.2, -0.15) is 5.10 Å². The average Bonchev–Trinajstić information content (AvgIpc) is 3.41. The molecule has 0 radical (unpaired) electrons. The van der Waals surface area contributed by atoms with E-state index in [0.29, 0.717) is 35.3 Å². The third kappa shape index (κ3) is 4.24. The number of rotatable bonds is 5. The predicted molar refractivity (Wildman–Crippen MR) is 133 cm³/mol. The van der Waals surface area contributed by atoms with Crippen LogP contribution in [0.4, 0.5) is 4.39 Å². The van der Waals surface area contributed by atoms with E-state index >= 15 is 0 Å². The summed E-state index contributed by atoms with van der Waals surface area (Å²) in [5.74, 6) is 1.08. The van der Waals surface area contributed by atoms with Gasteiger partial charge in [0.2, 0.25) is 0 Å². The van der Waals surface area contributed by atoms with Gasteiger partial charge in [0.15, 0.2) is 5.65 Å². The summed E-state index contributed by atoms with van der Waals surface area (Å²) in [6.45, 7) is 6.25. The van der Waals surface area contributed by atoms with Gasteiger partial charge in [-0.15, -0.1) is 0 Å². The summed E-state index contributed by atoms with van der Waals surface area (Å²) in [6.07, 6.45) is 5.37. The molecule has 4 heterocycles. The van der Waals surface area contributed by atoms with Gasteiger partial charge in [0.05, 0.1) is 46.9 Å². The fourth-order valence-electron chi connectivity index (χ4n) is 5.79. The lowest BCUT2D eigenvalue weighted by Gasteiger charge is -2.38. The molecule has 36 heavy (non-hydrogen) atoms. The van der Waals surface area contributed by atoms with Crippen molar-refractivity contribution >= 4 is 23.2 Å². The van der Waals surface area contributed by atoms with Gasteiger partial charge < -0.3 is 14.4 Å². The first kappa shape index (κ1) is 23.7. The molecule has 0 N–H and O–H groups in total. The molecule has 0 bridgehead atoms. The van der Waals surface area contributed by atoms with Gasteiger partial charge in [0.1, 0.15) is 11.6 Å². The highest BCUT2D eigenvalue weighted by Crippen LogP contribution is 2.39. The summed E-state index contributed by atoms with van der Waals surface area (Å²) < 4.78 is 27.5. The maximum Gasteiger partial charge on any atom is 0.258 e. The molecule has 3 aromatic rings. The molecular formula is C27H30ClFN4O3. The van der Waals surface area contributed by atoms with Gasteiger partial charge in [0.25, 0.3) is 5.91 Å². The van der Waals surface area contributed by atoms with Gasteiger partial charge >= 0.3 is 0 Å². The molecule has 2 aromatic heterocycles. The molecule has 9 heteroatoms. The summed E-state index contributed by atoms with van der Waals surface area (Å²) in [5.41, 5.74) is 4.40. The monoisotopic (exact) mass is 512 g/mol. The molecule has 2 aliphatic heterocycles. The maximum atomic E-state index is 14.1. The lowest BCUT2D eigenvalue weighted by molar-refractivity contribution is 0.0218. The molecule has 1 aromatic carbocycles. The van der Waals surface area contributed by atoms with Crippen LogP contribution >= 0.6 is 11.6 Å². The number of ether oxygens (including phenoxy) is 2. The number of hydrogen-bond acceptors (Lipinski definition) is 5. The number of carbonyl (C=O) groups excluding carboxylic acids is 1. The third-order valence-corrected chi connectivity index (χ3v) is 8.46. The molecule has 7 nitrogen and oxygen atoms in total. The Morgan fingerprint density at radius 2 is 1.97 bits per heavy atom. The minimum Gasteiger partial charge on any atom is -0.489 e. The fourth-order valence-corrected chi connectivity index (χ4v) is 5.92. The lowest BCUT2D eigenvalue weighted by Crippen LogP contribution is -2.36. The molecule has 0 spiro atoms. The van der Waals surface area contributed by atoms with Crippen molar-refractivity contribution in [2.75, 3.05) is 13.2 Å². The zero-order valence-electron chi connectivity index (χ0n) is 20.6. The van der Waals surface area contributed by atoms with Crippen molar-refractivity contribution in [1.29, 1.82) is 0 Å². The van der Waals surface area contributed by atoms with Crippen LogP contribution in [0.15, 0.2) is 18.2 Å². The maximum absolute atomic E-state index is 14.1. The fraction of sp³-hybridized carbons (Fsp3) is 0.519. The van der Waals surface area contributed by atoms with E-state index in [1.807, 2.05) is 13.8 Å². The van der Waals surface area contributed by atoms with Crippen molar-refractivity contribution in [2.45, 2.75) is 65.1 Å². The standard InChI is InChI=1S/C27H30ClFN4O3/c1-15-25(28)16(2)33-26(30-15)22-13-32(14-23(22)31-33)27(34)21-4-3-19(29)12-24(21)36-20-10-18(11-20)9-17-5-7-35-8-6-17/h3-4,12,17-18,20H,5-11,13-14H2,1-2H3. The largest absolute Gasteiger partial charge is 0.489 e. The van der Waals surface area contributed by atoms with Crippen LogP contribution < -0.4 is 4.74 Å². The quantitative estimate of drug-likeness (QED) is 0.466. The van der Waals surface area contributed by atoms with Crippen LogP contribution in [0.25, 0.3) is 5.65 Å². The Morgan fingerprint density at radius 1 is 1.19 bits per heavy atom.